The molecule has 0 aliphatic heterocycles. The maximum absolute atomic E-state index is 12.4. The fourth-order valence-electron chi connectivity index (χ4n) is 2.73. The molecule has 0 fully saturated rings. The summed E-state index contributed by atoms with van der Waals surface area (Å²) in [5.41, 5.74) is 2.70. The van der Waals surface area contributed by atoms with Crippen molar-refractivity contribution >= 4 is 33.7 Å². The standard InChI is InChI=1S/C23H20BrN3O4/c1-14-4-6-16(7-5-14)13-30-22-19(24)10-17(11-20(22)29-3)9-18(12-25)23(28)26-21-8-15(2)31-27-21/h4-11H,13H2,1-3H3,(H,26,27,28)/b18-9-. The Kier molecular flexibility index (Phi) is 7.11. The van der Waals surface area contributed by atoms with Crippen LogP contribution in [-0.2, 0) is 11.4 Å². The Morgan fingerprint density at radius 3 is 2.61 bits per heavy atom. The number of carbonyl (C=O) groups excluding carboxylic acids is 1. The normalized spacial score (nSPS) is 11.0. The summed E-state index contributed by atoms with van der Waals surface area (Å²) in [7, 11) is 1.53. The molecule has 1 aromatic heterocycles. The summed E-state index contributed by atoms with van der Waals surface area (Å²) in [6.07, 6.45) is 1.46. The van der Waals surface area contributed by atoms with Crippen molar-refractivity contribution in [3.8, 4) is 17.6 Å². The molecule has 2 aromatic carbocycles. The number of hydrogen-bond donors (Lipinski definition) is 1. The van der Waals surface area contributed by atoms with Crippen molar-refractivity contribution in [3.63, 3.8) is 0 Å². The highest BCUT2D eigenvalue weighted by molar-refractivity contribution is 9.10. The Labute approximate surface area is 188 Å². The zero-order valence-corrected chi connectivity index (χ0v) is 18.8. The molecule has 7 nitrogen and oxygen atoms in total. The molecule has 0 saturated carbocycles. The second-order valence-electron chi connectivity index (χ2n) is 6.76. The van der Waals surface area contributed by atoms with Crippen LogP contribution in [0.15, 0.2) is 57.0 Å². The molecule has 0 aliphatic carbocycles. The van der Waals surface area contributed by atoms with E-state index in [2.05, 4.69) is 26.4 Å². The van der Waals surface area contributed by atoms with Crippen molar-refractivity contribution in [2.45, 2.75) is 20.5 Å². The lowest BCUT2D eigenvalue weighted by molar-refractivity contribution is -0.112. The molecule has 0 bridgehead atoms. The number of hydrogen-bond acceptors (Lipinski definition) is 6. The van der Waals surface area contributed by atoms with Gasteiger partial charge in [0.05, 0.1) is 11.6 Å². The molecule has 0 unspecified atom stereocenters. The first-order valence-corrected chi connectivity index (χ1v) is 10.1. The third kappa shape index (κ3) is 5.74. The average Bonchev–Trinajstić information content (AvgIpc) is 3.16. The summed E-state index contributed by atoms with van der Waals surface area (Å²) in [5.74, 6) is 1.19. The summed E-state index contributed by atoms with van der Waals surface area (Å²) in [4.78, 5) is 12.4. The van der Waals surface area contributed by atoms with Gasteiger partial charge in [0.1, 0.15) is 24.0 Å². The maximum atomic E-state index is 12.4. The number of ether oxygens (including phenoxy) is 2. The van der Waals surface area contributed by atoms with Gasteiger partial charge in [-0.1, -0.05) is 35.0 Å². The van der Waals surface area contributed by atoms with Crippen molar-refractivity contribution < 1.29 is 18.8 Å². The van der Waals surface area contributed by atoms with E-state index in [9.17, 15) is 10.1 Å². The molecule has 31 heavy (non-hydrogen) atoms. The lowest BCUT2D eigenvalue weighted by Gasteiger charge is -2.14. The van der Waals surface area contributed by atoms with Gasteiger partial charge < -0.3 is 19.3 Å². The van der Waals surface area contributed by atoms with Gasteiger partial charge in [-0.3, -0.25) is 4.79 Å². The molecule has 0 aliphatic rings. The minimum absolute atomic E-state index is 0.0945. The van der Waals surface area contributed by atoms with Crippen LogP contribution in [0.25, 0.3) is 6.08 Å². The maximum Gasteiger partial charge on any atom is 0.267 e. The van der Waals surface area contributed by atoms with Gasteiger partial charge in [0.15, 0.2) is 17.3 Å². The number of carbonyl (C=O) groups is 1. The minimum atomic E-state index is -0.592. The van der Waals surface area contributed by atoms with Crippen LogP contribution in [0.3, 0.4) is 0 Å². The van der Waals surface area contributed by atoms with Crippen LogP contribution in [-0.4, -0.2) is 18.2 Å². The number of amides is 1. The third-order valence-electron chi connectivity index (χ3n) is 4.30. The zero-order valence-electron chi connectivity index (χ0n) is 17.2. The summed E-state index contributed by atoms with van der Waals surface area (Å²) in [6, 6.07) is 15.0. The number of rotatable bonds is 7. The molecule has 0 radical (unpaired) electrons. The molecular formula is C23H20BrN3O4. The van der Waals surface area contributed by atoms with Crippen LogP contribution in [0.1, 0.15) is 22.5 Å². The molecule has 0 saturated heterocycles. The van der Waals surface area contributed by atoms with Crippen LogP contribution in [0.4, 0.5) is 5.82 Å². The highest BCUT2D eigenvalue weighted by atomic mass is 79.9. The molecule has 8 heteroatoms. The Bertz CT molecular complexity index is 1160. The van der Waals surface area contributed by atoms with Crippen molar-refractivity contribution in [3.05, 3.63) is 75.0 Å². The SMILES string of the molecule is COc1cc(/C=C(/C#N)C(=O)Nc2cc(C)on2)cc(Br)c1OCc1ccc(C)cc1. The minimum Gasteiger partial charge on any atom is -0.493 e. The average molecular weight is 482 g/mol. The molecule has 1 N–H and O–H groups in total. The molecule has 158 valence electrons. The molecular weight excluding hydrogens is 462 g/mol. The van der Waals surface area contributed by atoms with Crippen molar-refractivity contribution in [2.75, 3.05) is 12.4 Å². The summed E-state index contributed by atoms with van der Waals surface area (Å²) in [6.45, 7) is 4.10. The third-order valence-corrected chi connectivity index (χ3v) is 4.89. The largest absolute Gasteiger partial charge is 0.493 e. The van der Waals surface area contributed by atoms with Gasteiger partial charge in [0, 0.05) is 6.07 Å². The molecule has 0 atom stereocenters. The first-order valence-electron chi connectivity index (χ1n) is 9.32. The fourth-order valence-corrected chi connectivity index (χ4v) is 3.30. The van der Waals surface area contributed by atoms with Crippen molar-refractivity contribution in [2.24, 2.45) is 0 Å². The molecule has 0 spiro atoms. The van der Waals surface area contributed by atoms with E-state index >= 15 is 0 Å². The number of benzene rings is 2. The van der Waals surface area contributed by atoms with Crippen molar-refractivity contribution in [1.82, 2.24) is 5.16 Å². The van der Waals surface area contributed by atoms with Crippen molar-refractivity contribution in [1.29, 1.82) is 5.26 Å². The van der Waals surface area contributed by atoms with E-state index in [1.165, 1.54) is 18.7 Å². The monoisotopic (exact) mass is 481 g/mol. The van der Waals surface area contributed by atoms with Crippen LogP contribution < -0.4 is 14.8 Å². The van der Waals surface area contributed by atoms with Crippen LogP contribution in [0.5, 0.6) is 11.5 Å². The number of aromatic nitrogens is 1. The van der Waals surface area contributed by atoms with E-state index in [-0.39, 0.29) is 11.4 Å². The number of methoxy groups -OCH3 is 1. The van der Waals surface area contributed by atoms with E-state index in [1.807, 2.05) is 37.3 Å². The van der Waals surface area contributed by atoms with E-state index in [0.29, 0.717) is 33.9 Å². The molecule has 1 amide bonds. The highest BCUT2D eigenvalue weighted by Gasteiger charge is 2.15. The first-order chi connectivity index (χ1) is 14.9. The van der Waals surface area contributed by atoms with Gasteiger partial charge in [0.25, 0.3) is 5.91 Å². The lowest BCUT2D eigenvalue weighted by Crippen LogP contribution is -2.13. The summed E-state index contributed by atoms with van der Waals surface area (Å²) in [5, 5.41) is 15.7. The second-order valence-corrected chi connectivity index (χ2v) is 7.61. The van der Waals surface area contributed by atoms with Gasteiger partial charge in [-0.2, -0.15) is 5.26 Å². The van der Waals surface area contributed by atoms with E-state index in [4.69, 9.17) is 14.0 Å². The number of halogens is 1. The van der Waals surface area contributed by atoms with E-state index in [0.717, 1.165) is 5.56 Å². The quantitative estimate of drug-likeness (QED) is 0.368. The van der Waals surface area contributed by atoms with Gasteiger partial charge in [-0.25, -0.2) is 0 Å². The predicted molar refractivity (Wildman–Crippen MR) is 120 cm³/mol. The van der Waals surface area contributed by atoms with E-state index < -0.39 is 5.91 Å². The van der Waals surface area contributed by atoms with Gasteiger partial charge in [0.2, 0.25) is 0 Å². The Hall–Kier alpha value is -3.57. The lowest BCUT2D eigenvalue weighted by atomic mass is 10.1. The Morgan fingerprint density at radius 1 is 1.26 bits per heavy atom. The highest BCUT2D eigenvalue weighted by Crippen LogP contribution is 2.37. The number of nitrogens with one attached hydrogen (secondary N) is 1. The first kappa shape index (κ1) is 22.1. The van der Waals surface area contributed by atoms with E-state index in [1.54, 1.807) is 25.1 Å². The predicted octanol–water partition coefficient (Wildman–Crippen LogP) is 5.19. The topological polar surface area (TPSA) is 97.4 Å². The van der Waals surface area contributed by atoms with Gasteiger partial charge >= 0.3 is 0 Å². The Morgan fingerprint density at radius 2 is 2.00 bits per heavy atom. The molecule has 1 heterocycles. The Balaban J connectivity index is 1.80. The smallest absolute Gasteiger partial charge is 0.267 e. The van der Waals surface area contributed by atoms with Gasteiger partial charge in [-0.15, -0.1) is 0 Å². The molecule has 3 rings (SSSR count). The fraction of sp³-hybridized carbons (Fsp3) is 0.174. The second kappa shape index (κ2) is 9.96. The number of aryl methyl sites for hydroxylation is 2. The zero-order chi connectivity index (χ0) is 22.4. The number of nitriles is 1. The summed E-state index contributed by atoms with van der Waals surface area (Å²) < 4.78 is 17.0. The van der Waals surface area contributed by atoms with Crippen LogP contribution in [0.2, 0.25) is 0 Å². The number of anilines is 1. The number of nitrogens with zero attached hydrogens (tertiary/aromatic N) is 2. The van der Waals surface area contributed by atoms with Crippen LogP contribution >= 0.6 is 15.9 Å². The van der Waals surface area contributed by atoms with Crippen LogP contribution in [0, 0.1) is 25.2 Å². The summed E-state index contributed by atoms with van der Waals surface area (Å²) >= 11 is 3.49. The molecule has 3 aromatic rings. The van der Waals surface area contributed by atoms with Gasteiger partial charge in [-0.05, 0) is 59.1 Å².